The van der Waals surface area contributed by atoms with Crippen LogP contribution in [0, 0.1) is 5.82 Å². The molecule has 0 aliphatic carbocycles. The molecule has 0 aromatic heterocycles. The number of halogens is 1. The molecule has 23 heavy (non-hydrogen) atoms. The van der Waals surface area contributed by atoms with Gasteiger partial charge < -0.3 is 15.1 Å². The number of carbonyl (C=O) groups excluding carboxylic acids is 2. The summed E-state index contributed by atoms with van der Waals surface area (Å²) in [5.41, 5.74) is 0.745. The molecule has 0 aliphatic heterocycles. The Hall–Kier alpha value is -1.95. The topological polar surface area (TPSA) is 53.9 Å². The second-order valence-electron chi connectivity index (χ2n) is 5.69. The molecule has 1 rings (SSSR count). The zero-order valence-corrected chi connectivity index (χ0v) is 14.4. The van der Waals surface area contributed by atoms with Crippen molar-refractivity contribution in [3.05, 3.63) is 35.6 Å². The molecule has 6 heteroatoms. The Labute approximate surface area is 137 Å². The Morgan fingerprint density at radius 2 is 2.04 bits per heavy atom. The van der Waals surface area contributed by atoms with Crippen molar-refractivity contribution in [2.75, 3.05) is 26.7 Å². The van der Waals surface area contributed by atoms with Crippen LogP contribution in [0.5, 0.6) is 0 Å². The molecule has 1 unspecified atom stereocenters. The molecule has 5 nitrogen and oxygen atoms in total. The minimum Gasteiger partial charge on any atom is -0.351 e. The van der Waals surface area contributed by atoms with Gasteiger partial charge in [-0.2, -0.15) is 0 Å². The number of hydrogen-bond acceptors (Lipinski definition) is 2. The van der Waals surface area contributed by atoms with Gasteiger partial charge in [0.1, 0.15) is 5.82 Å². The maximum absolute atomic E-state index is 13.2. The highest BCUT2D eigenvalue weighted by Crippen LogP contribution is 2.06. The van der Waals surface area contributed by atoms with Gasteiger partial charge in [0.2, 0.25) is 0 Å². The highest BCUT2D eigenvalue weighted by Gasteiger charge is 2.28. The summed E-state index contributed by atoms with van der Waals surface area (Å²) in [6.45, 7) is 7.51. The van der Waals surface area contributed by atoms with Crippen LogP contribution < -0.4 is 10.2 Å². The highest BCUT2D eigenvalue weighted by atomic mass is 19.1. The number of quaternary nitrogens is 1. The SMILES string of the molecule is CCNC(=O)C[NH+](CC)[C@H](C)C(=O)N(C)Cc1cccc(F)c1. The number of nitrogens with one attached hydrogen (secondary N) is 2. The van der Waals surface area contributed by atoms with Gasteiger partial charge in [-0.1, -0.05) is 12.1 Å². The zero-order chi connectivity index (χ0) is 17.4. The largest absolute Gasteiger partial charge is 0.351 e. The van der Waals surface area contributed by atoms with Crippen LogP contribution in [0.25, 0.3) is 0 Å². The first-order valence-electron chi connectivity index (χ1n) is 7.99. The van der Waals surface area contributed by atoms with E-state index in [1.807, 2.05) is 20.8 Å². The number of rotatable bonds is 8. The molecule has 1 aromatic carbocycles. The van der Waals surface area contributed by atoms with Crippen LogP contribution >= 0.6 is 0 Å². The zero-order valence-electron chi connectivity index (χ0n) is 14.4. The third-order valence-corrected chi connectivity index (χ3v) is 3.88. The van der Waals surface area contributed by atoms with E-state index in [0.717, 1.165) is 10.5 Å². The Bertz CT molecular complexity index is 536. The van der Waals surface area contributed by atoms with Crippen molar-refractivity contribution in [1.82, 2.24) is 10.2 Å². The van der Waals surface area contributed by atoms with Gasteiger partial charge in [0.05, 0.1) is 6.54 Å². The summed E-state index contributed by atoms with van der Waals surface area (Å²) < 4.78 is 13.2. The van der Waals surface area contributed by atoms with Crippen molar-refractivity contribution in [1.29, 1.82) is 0 Å². The summed E-state index contributed by atoms with van der Waals surface area (Å²) in [6.07, 6.45) is 0. The average molecular weight is 324 g/mol. The number of carbonyl (C=O) groups is 2. The van der Waals surface area contributed by atoms with E-state index in [-0.39, 0.29) is 30.2 Å². The first-order chi connectivity index (χ1) is 10.9. The van der Waals surface area contributed by atoms with Crippen LogP contribution in [0.1, 0.15) is 26.3 Å². The molecule has 1 aromatic rings. The second kappa shape index (κ2) is 9.25. The molecular weight excluding hydrogens is 297 g/mol. The lowest BCUT2D eigenvalue weighted by molar-refractivity contribution is -0.904. The van der Waals surface area contributed by atoms with Crippen molar-refractivity contribution in [2.45, 2.75) is 33.4 Å². The molecule has 0 heterocycles. The van der Waals surface area contributed by atoms with E-state index in [1.165, 1.54) is 12.1 Å². The van der Waals surface area contributed by atoms with Gasteiger partial charge in [0.25, 0.3) is 11.8 Å². The Kier molecular flexibility index (Phi) is 7.68. The van der Waals surface area contributed by atoms with E-state index in [0.29, 0.717) is 19.6 Å². The third-order valence-electron chi connectivity index (χ3n) is 3.88. The molecule has 0 spiro atoms. The molecule has 0 fully saturated rings. The van der Waals surface area contributed by atoms with Crippen LogP contribution in [0.3, 0.4) is 0 Å². The minimum absolute atomic E-state index is 0.0585. The summed E-state index contributed by atoms with van der Waals surface area (Å²) in [6, 6.07) is 5.89. The molecule has 0 radical (unpaired) electrons. The van der Waals surface area contributed by atoms with Crippen LogP contribution in [0.4, 0.5) is 4.39 Å². The van der Waals surface area contributed by atoms with Gasteiger partial charge in [-0.15, -0.1) is 0 Å². The molecular formula is C17H27FN3O2+. The first kappa shape index (κ1) is 19.1. The van der Waals surface area contributed by atoms with Crippen molar-refractivity contribution in [3.63, 3.8) is 0 Å². The number of benzene rings is 1. The fraction of sp³-hybridized carbons (Fsp3) is 0.529. The van der Waals surface area contributed by atoms with Gasteiger partial charge in [0.15, 0.2) is 12.6 Å². The standard InChI is InChI=1S/C17H26FN3O2/c1-5-19-16(22)12-21(6-2)13(3)17(23)20(4)11-14-8-7-9-15(18)10-14/h7-10,13H,5-6,11-12H2,1-4H3,(H,19,22)/p+1/t13-/m1/s1. The summed E-state index contributed by atoms with van der Waals surface area (Å²) in [5, 5.41) is 2.75. The summed E-state index contributed by atoms with van der Waals surface area (Å²) in [7, 11) is 1.70. The van der Waals surface area contributed by atoms with Gasteiger partial charge in [-0.05, 0) is 38.5 Å². The van der Waals surface area contributed by atoms with E-state index in [4.69, 9.17) is 0 Å². The molecule has 2 atom stereocenters. The monoisotopic (exact) mass is 324 g/mol. The lowest BCUT2D eigenvalue weighted by atomic mass is 10.2. The van der Waals surface area contributed by atoms with Gasteiger partial charge >= 0.3 is 0 Å². The fourth-order valence-electron chi connectivity index (χ4n) is 2.54. The minimum atomic E-state index is -0.332. The third kappa shape index (κ3) is 5.98. The number of nitrogens with zero attached hydrogens (tertiary/aromatic N) is 1. The van der Waals surface area contributed by atoms with Gasteiger partial charge in [-0.3, -0.25) is 9.59 Å². The maximum atomic E-state index is 13.2. The maximum Gasteiger partial charge on any atom is 0.280 e. The molecule has 2 amide bonds. The second-order valence-corrected chi connectivity index (χ2v) is 5.69. The van der Waals surface area contributed by atoms with E-state index in [2.05, 4.69) is 5.32 Å². The Morgan fingerprint density at radius 3 is 2.61 bits per heavy atom. The smallest absolute Gasteiger partial charge is 0.280 e. The van der Waals surface area contributed by atoms with E-state index >= 15 is 0 Å². The molecule has 0 saturated heterocycles. The van der Waals surface area contributed by atoms with Gasteiger partial charge in [0, 0.05) is 20.1 Å². The summed E-state index contributed by atoms with van der Waals surface area (Å²) in [5.74, 6) is -0.430. The average Bonchev–Trinajstić information content (AvgIpc) is 2.51. The Morgan fingerprint density at radius 1 is 1.35 bits per heavy atom. The fourth-order valence-corrected chi connectivity index (χ4v) is 2.54. The van der Waals surface area contributed by atoms with Crippen LogP contribution in [0.15, 0.2) is 24.3 Å². The van der Waals surface area contributed by atoms with Crippen molar-refractivity contribution in [3.8, 4) is 0 Å². The summed E-state index contributed by atoms with van der Waals surface area (Å²) in [4.78, 5) is 26.8. The first-order valence-corrected chi connectivity index (χ1v) is 7.99. The van der Waals surface area contributed by atoms with E-state index in [1.54, 1.807) is 24.1 Å². The van der Waals surface area contributed by atoms with E-state index in [9.17, 15) is 14.0 Å². The van der Waals surface area contributed by atoms with Crippen LogP contribution in [-0.2, 0) is 16.1 Å². The van der Waals surface area contributed by atoms with Crippen molar-refractivity contribution < 1.29 is 18.9 Å². The normalized spacial score (nSPS) is 13.3. The van der Waals surface area contributed by atoms with Gasteiger partial charge in [-0.25, -0.2) is 4.39 Å². The number of likely N-dealkylation sites (N-methyl/N-ethyl adjacent to an activating group) is 3. The number of amides is 2. The Balaban J connectivity index is 2.67. The molecule has 0 bridgehead atoms. The van der Waals surface area contributed by atoms with E-state index < -0.39 is 0 Å². The quantitative estimate of drug-likeness (QED) is 0.718. The predicted octanol–water partition coefficient (Wildman–Crippen LogP) is 0.214. The lowest BCUT2D eigenvalue weighted by Gasteiger charge is -2.27. The lowest BCUT2D eigenvalue weighted by Crippen LogP contribution is -3.17. The van der Waals surface area contributed by atoms with Crippen molar-refractivity contribution in [2.24, 2.45) is 0 Å². The number of hydrogen-bond donors (Lipinski definition) is 2. The molecule has 128 valence electrons. The van der Waals surface area contributed by atoms with Crippen LogP contribution in [0.2, 0.25) is 0 Å². The highest BCUT2D eigenvalue weighted by molar-refractivity contribution is 5.81. The summed E-state index contributed by atoms with van der Waals surface area (Å²) >= 11 is 0. The molecule has 0 saturated carbocycles. The van der Waals surface area contributed by atoms with Crippen LogP contribution in [-0.4, -0.2) is 49.4 Å². The predicted molar refractivity (Wildman–Crippen MR) is 87.4 cm³/mol. The van der Waals surface area contributed by atoms with Crippen molar-refractivity contribution >= 4 is 11.8 Å². The molecule has 0 aliphatic rings. The molecule has 2 N–H and O–H groups in total.